The van der Waals surface area contributed by atoms with Crippen LogP contribution in [0.5, 0.6) is 0 Å². The van der Waals surface area contributed by atoms with Gasteiger partial charge in [0.1, 0.15) is 0 Å². The number of carboxylic acids is 1. The molecule has 2 amide bonds. The lowest BCUT2D eigenvalue weighted by Crippen LogP contribution is -2.50. The summed E-state index contributed by atoms with van der Waals surface area (Å²) in [7, 11) is 0. The van der Waals surface area contributed by atoms with E-state index in [2.05, 4.69) is 19.2 Å². The van der Waals surface area contributed by atoms with Crippen LogP contribution < -0.4 is 5.32 Å². The van der Waals surface area contributed by atoms with Crippen LogP contribution in [0.3, 0.4) is 0 Å². The average Bonchev–Trinajstić information content (AvgIpc) is 2.78. The maximum atomic E-state index is 12.3. The largest absolute Gasteiger partial charge is 0.481 e. The topological polar surface area (TPSA) is 69.6 Å². The fraction of sp³-hybridized carbons (Fsp3) is 0.867. The summed E-state index contributed by atoms with van der Waals surface area (Å²) >= 11 is 0. The van der Waals surface area contributed by atoms with Crippen LogP contribution in [0.25, 0.3) is 0 Å². The summed E-state index contributed by atoms with van der Waals surface area (Å²) in [6, 6.07) is 0.119. The number of aliphatic carboxylic acids is 1. The summed E-state index contributed by atoms with van der Waals surface area (Å²) in [6.07, 6.45) is 4.07. The zero-order chi connectivity index (χ0) is 14.9. The number of hydrogen-bond donors (Lipinski definition) is 2. The fourth-order valence-corrected chi connectivity index (χ4v) is 3.51. The number of likely N-dealkylation sites (tertiary alicyclic amines) is 1. The van der Waals surface area contributed by atoms with Gasteiger partial charge in [-0.15, -0.1) is 0 Å². The predicted molar refractivity (Wildman–Crippen MR) is 76.4 cm³/mol. The molecule has 0 aromatic carbocycles. The number of carboxylic acid groups (broad SMARTS) is 1. The summed E-state index contributed by atoms with van der Waals surface area (Å²) < 4.78 is 0. The molecule has 114 valence electrons. The second-order valence-electron chi connectivity index (χ2n) is 6.90. The molecule has 0 aromatic rings. The van der Waals surface area contributed by atoms with Crippen molar-refractivity contribution >= 4 is 12.0 Å². The zero-order valence-electron chi connectivity index (χ0n) is 12.7. The van der Waals surface area contributed by atoms with Crippen molar-refractivity contribution in [1.29, 1.82) is 0 Å². The lowest BCUT2D eigenvalue weighted by molar-refractivity contribution is -0.147. The Labute approximate surface area is 120 Å². The highest BCUT2D eigenvalue weighted by Gasteiger charge is 2.42. The summed E-state index contributed by atoms with van der Waals surface area (Å²) in [4.78, 5) is 25.2. The third-order valence-electron chi connectivity index (χ3n) is 5.11. The molecule has 1 saturated carbocycles. The van der Waals surface area contributed by atoms with E-state index >= 15 is 0 Å². The van der Waals surface area contributed by atoms with Crippen LogP contribution in [0.1, 0.15) is 46.5 Å². The number of carbonyl (C=O) groups excluding carboxylic acids is 1. The van der Waals surface area contributed by atoms with Crippen LogP contribution in [0.15, 0.2) is 0 Å². The Kier molecular flexibility index (Phi) is 4.25. The minimum Gasteiger partial charge on any atom is -0.481 e. The molecule has 3 atom stereocenters. The number of nitrogens with one attached hydrogen (secondary N) is 1. The van der Waals surface area contributed by atoms with Gasteiger partial charge in [0.05, 0.1) is 5.41 Å². The summed E-state index contributed by atoms with van der Waals surface area (Å²) in [5, 5.41) is 12.4. The molecule has 2 rings (SSSR count). The number of rotatable bonds is 2. The zero-order valence-corrected chi connectivity index (χ0v) is 12.7. The van der Waals surface area contributed by atoms with E-state index in [1.165, 1.54) is 6.42 Å². The first-order valence-electron chi connectivity index (χ1n) is 7.62. The number of nitrogens with zero attached hydrogens (tertiary/aromatic N) is 1. The third-order valence-corrected chi connectivity index (χ3v) is 5.11. The Hall–Kier alpha value is -1.26. The number of carbonyl (C=O) groups is 2. The summed E-state index contributed by atoms with van der Waals surface area (Å²) in [5.41, 5.74) is -0.791. The lowest BCUT2D eigenvalue weighted by Gasteiger charge is -2.36. The maximum Gasteiger partial charge on any atom is 0.317 e. The molecule has 2 N–H and O–H groups in total. The van der Waals surface area contributed by atoms with E-state index in [1.54, 1.807) is 11.8 Å². The highest BCUT2D eigenvalue weighted by molar-refractivity contribution is 5.79. The van der Waals surface area contributed by atoms with Crippen molar-refractivity contribution in [3.05, 3.63) is 0 Å². The molecular formula is C15H26N2O3. The van der Waals surface area contributed by atoms with Gasteiger partial charge in [0, 0.05) is 19.1 Å². The molecular weight excluding hydrogens is 256 g/mol. The number of hydrogen-bond acceptors (Lipinski definition) is 2. The number of urea groups is 1. The second-order valence-corrected chi connectivity index (χ2v) is 6.90. The van der Waals surface area contributed by atoms with Crippen molar-refractivity contribution < 1.29 is 14.7 Å². The van der Waals surface area contributed by atoms with Crippen LogP contribution in [-0.2, 0) is 4.79 Å². The van der Waals surface area contributed by atoms with E-state index in [0.717, 1.165) is 12.8 Å². The van der Waals surface area contributed by atoms with Gasteiger partial charge in [0.15, 0.2) is 0 Å². The van der Waals surface area contributed by atoms with Crippen LogP contribution in [0.4, 0.5) is 4.79 Å². The second kappa shape index (κ2) is 5.62. The predicted octanol–water partition coefficient (Wildman–Crippen LogP) is 2.32. The fourth-order valence-electron chi connectivity index (χ4n) is 3.51. The molecule has 20 heavy (non-hydrogen) atoms. The Morgan fingerprint density at radius 2 is 1.85 bits per heavy atom. The normalized spacial score (nSPS) is 37.8. The van der Waals surface area contributed by atoms with Gasteiger partial charge in [-0.05, 0) is 38.0 Å². The van der Waals surface area contributed by atoms with Crippen molar-refractivity contribution in [2.24, 2.45) is 17.3 Å². The van der Waals surface area contributed by atoms with Crippen LogP contribution >= 0.6 is 0 Å². The smallest absolute Gasteiger partial charge is 0.317 e. The van der Waals surface area contributed by atoms with Crippen molar-refractivity contribution in [1.82, 2.24) is 10.2 Å². The third kappa shape index (κ3) is 2.91. The lowest BCUT2D eigenvalue weighted by atomic mass is 9.79. The highest BCUT2D eigenvalue weighted by Crippen LogP contribution is 2.32. The van der Waals surface area contributed by atoms with Gasteiger partial charge in [-0.1, -0.05) is 20.3 Å². The van der Waals surface area contributed by atoms with Crippen molar-refractivity contribution in [3.63, 3.8) is 0 Å². The molecule has 1 saturated heterocycles. The Morgan fingerprint density at radius 1 is 1.25 bits per heavy atom. The van der Waals surface area contributed by atoms with E-state index in [1.807, 2.05) is 0 Å². The first-order chi connectivity index (χ1) is 9.33. The molecule has 2 aliphatic rings. The molecule has 5 nitrogen and oxygen atoms in total. The Bertz CT molecular complexity index is 389. The summed E-state index contributed by atoms with van der Waals surface area (Å²) in [5.74, 6) is 0.180. The Balaban J connectivity index is 1.94. The molecule has 0 spiro atoms. The molecule has 3 unspecified atom stereocenters. The minimum absolute atomic E-state index is 0.0967. The van der Waals surface area contributed by atoms with E-state index in [9.17, 15) is 14.7 Å². The van der Waals surface area contributed by atoms with Crippen molar-refractivity contribution in [2.75, 3.05) is 13.1 Å². The molecule has 0 radical (unpaired) electrons. The van der Waals surface area contributed by atoms with Crippen LogP contribution in [0.2, 0.25) is 0 Å². The standard InChI is InChI=1S/C15H26N2O3/c1-10-5-4-6-11(2)12(10)16-14(20)17-8-7-15(3,9-17)13(18)19/h10-12H,4-9H2,1-3H3,(H,16,20)(H,18,19). The maximum absolute atomic E-state index is 12.3. The first kappa shape index (κ1) is 15.1. The van der Waals surface area contributed by atoms with Gasteiger partial charge in [0.25, 0.3) is 0 Å². The van der Waals surface area contributed by atoms with Gasteiger partial charge in [0.2, 0.25) is 0 Å². The van der Waals surface area contributed by atoms with Crippen molar-refractivity contribution in [3.8, 4) is 0 Å². The van der Waals surface area contributed by atoms with Gasteiger partial charge in [-0.25, -0.2) is 4.79 Å². The number of amides is 2. The van der Waals surface area contributed by atoms with Crippen LogP contribution in [-0.4, -0.2) is 41.1 Å². The molecule has 1 aliphatic carbocycles. The SMILES string of the molecule is CC1CCCC(C)C1NC(=O)N1CCC(C)(C(=O)O)C1. The highest BCUT2D eigenvalue weighted by atomic mass is 16.4. The minimum atomic E-state index is -0.813. The molecule has 1 heterocycles. The molecule has 0 bridgehead atoms. The van der Waals surface area contributed by atoms with Gasteiger partial charge in [-0.3, -0.25) is 4.79 Å². The molecule has 2 fully saturated rings. The summed E-state index contributed by atoms with van der Waals surface area (Å²) in [6.45, 7) is 6.93. The van der Waals surface area contributed by atoms with Gasteiger partial charge < -0.3 is 15.3 Å². The van der Waals surface area contributed by atoms with Gasteiger partial charge in [-0.2, -0.15) is 0 Å². The van der Waals surface area contributed by atoms with E-state index in [-0.39, 0.29) is 12.1 Å². The van der Waals surface area contributed by atoms with E-state index in [0.29, 0.717) is 31.3 Å². The Morgan fingerprint density at radius 3 is 2.35 bits per heavy atom. The first-order valence-corrected chi connectivity index (χ1v) is 7.62. The van der Waals surface area contributed by atoms with Gasteiger partial charge >= 0.3 is 12.0 Å². The molecule has 1 aliphatic heterocycles. The van der Waals surface area contributed by atoms with Crippen molar-refractivity contribution in [2.45, 2.75) is 52.5 Å². The monoisotopic (exact) mass is 282 g/mol. The van der Waals surface area contributed by atoms with Crippen LogP contribution in [0, 0.1) is 17.3 Å². The quantitative estimate of drug-likeness (QED) is 0.816. The average molecular weight is 282 g/mol. The van der Waals surface area contributed by atoms with E-state index < -0.39 is 11.4 Å². The molecule has 5 heteroatoms. The van der Waals surface area contributed by atoms with E-state index in [4.69, 9.17) is 0 Å². The molecule has 0 aromatic heterocycles.